The van der Waals surface area contributed by atoms with Crippen LogP contribution in [0.4, 0.5) is 5.69 Å². The highest BCUT2D eigenvalue weighted by molar-refractivity contribution is 5.93. The number of carbonyl (C=O) groups is 3. The molecule has 0 amide bonds. The molecular weight excluding hydrogens is 454 g/mol. The van der Waals surface area contributed by atoms with Crippen molar-refractivity contribution in [2.75, 3.05) is 25.6 Å². The van der Waals surface area contributed by atoms with Crippen molar-refractivity contribution in [2.24, 2.45) is 17.3 Å². The lowest BCUT2D eigenvalue weighted by Gasteiger charge is -2.55. The SMILES string of the molecule is CC(=O)O[C@]1(C(=O)CO)CCC2C3CCC4=CC(=O)CCC4=C3C(c3ccc(N(C)C)cc3)C[C@@]21C. The van der Waals surface area contributed by atoms with Gasteiger partial charge in [-0.05, 0) is 85.3 Å². The summed E-state index contributed by atoms with van der Waals surface area (Å²) in [7, 11) is 4.04. The number of fused-ring (bicyclic) bond motifs is 4. The lowest BCUT2D eigenvalue weighted by atomic mass is 9.50. The first-order chi connectivity index (χ1) is 17.1. The number of esters is 1. The summed E-state index contributed by atoms with van der Waals surface area (Å²) in [6.07, 6.45) is 6.85. The van der Waals surface area contributed by atoms with Gasteiger partial charge in [-0.25, -0.2) is 0 Å². The number of ether oxygens (including phenoxy) is 1. The molecule has 6 nitrogen and oxygen atoms in total. The molecule has 0 bridgehead atoms. The Kier molecular flexibility index (Phi) is 6.22. The average Bonchev–Trinajstić information content (AvgIpc) is 3.14. The van der Waals surface area contributed by atoms with E-state index in [1.165, 1.54) is 29.2 Å². The molecule has 4 aliphatic carbocycles. The van der Waals surface area contributed by atoms with Crippen molar-refractivity contribution >= 4 is 23.2 Å². The van der Waals surface area contributed by atoms with E-state index in [0.717, 1.165) is 31.4 Å². The van der Waals surface area contributed by atoms with Crippen molar-refractivity contribution in [3.05, 3.63) is 52.6 Å². The van der Waals surface area contributed by atoms with Gasteiger partial charge in [-0.15, -0.1) is 0 Å². The zero-order valence-corrected chi connectivity index (χ0v) is 21.8. The maximum Gasteiger partial charge on any atom is 0.303 e. The van der Waals surface area contributed by atoms with Gasteiger partial charge in [0.2, 0.25) is 5.78 Å². The fourth-order valence-corrected chi connectivity index (χ4v) is 8.01. The number of hydrogen-bond acceptors (Lipinski definition) is 6. The monoisotopic (exact) mass is 491 g/mol. The van der Waals surface area contributed by atoms with E-state index in [1.54, 1.807) is 0 Å². The summed E-state index contributed by atoms with van der Waals surface area (Å²) in [5, 5.41) is 9.96. The summed E-state index contributed by atoms with van der Waals surface area (Å²) in [5.41, 5.74) is 4.35. The van der Waals surface area contributed by atoms with E-state index >= 15 is 0 Å². The van der Waals surface area contributed by atoms with Gasteiger partial charge in [-0.2, -0.15) is 0 Å². The number of hydrogen-bond donors (Lipinski definition) is 1. The zero-order valence-electron chi connectivity index (χ0n) is 21.8. The number of Topliss-reactive ketones (excluding diaryl/α,β-unsaturated/α-hetero) is 1. The number of carbonyl (C=O) groups excluding carboxylic acids is 3. The second-order valence-corrected chi connectivity index (χ2v) is 11.5. The lowest BCUT2D eigenvalue weighted by molar-refractivity contribution is -0.185. The van der Waals surface area contributed by atoms with Crippen molar-refractivity contribution < 1.29 is 24.2 Å². The molecular formula is C30H37NO5. The van der Waals surface area contributed by atoms with Gasteiger partial charge in [0.1, 0.15) is 6.61 Å². The van der Waals surface area contributed by atoms with Crippen molar-refractivity contribution in [3.63, 3.8) is 0 Å². The van der Waals surface area contributed by atoms with Crippen molar-refractivity contribution in [1.82, 2.24) is 0 Å². The smallest absolute Gasteiger partial charge is 0.303 e. The van der Waals surface area contributed by atoms with Gasteiger partial charge in [0.25, 0.3) is 0 Å². The topological polar surface area (TPSA) is 83.9 Å². The summed E-state index contributed by atoms with van der Waals surface area (Å²) in [6.45, 7) is 2.83. The van der Waals surface area contributed by atoms with Crippen LogP contribution in [0.2, 0.25) is 0 Å². The molecule has 1 N–H and O–H groups in total. The number of ketones is 2. The van der Waals surface area contributed by atoms with Crippen LogP contribution < -0.4 is 4.90 Å². The minimum Gasteiger partial charge on any atom is -0.451 e. The highest BCUT2D eigenvalue weighted by Crippen LogP contribution is 2.67. The van der Waals surface area contributed by atoms with Gasteiger partial charge in [0.15, 0.2) is 11.4 Å². The van der Waals surface area contributed by atoms with Crippen LogP contribution >= 0.6 is 0 Å². The lowest BCUT2D eigenvalue weighted by Crippen LogP contribution is -2.58. The van der Waals surface area contributed by atoms with Crippen LogP contribution in [0.15, 0.2) is 47.1 Å². The zero-order chi connectivity index (χ0) is 25.8. The van der Waals surface area contributed by atoms with E-state index < -0.39 is 23.6 Å². The highest BCUT2D eigenvalue weighted by atomic mass is 16.6. The molecule has 0 radical (unpaired) electrons. The normalized spacial score (nSPS) is 33.3. The number of rotatable bonds is 5. The molecule has 1 aromatic rings. The molecule has 3 unspecified atom stereocenters. The summed E-state index contributed by atoms with van der Waals surface area (Å²) >= 11 is 0. The number of aliphatic hydroxyl groups excluding tert-OH is 1. The number of allylic oxidation sites excluding steroid dienone is 4. The Morgan fingerprint density at radius 2 is 1.83 bits per heavy atom. The second-order valence-electron chi connectivity index (χ2n) is 11.5. The van der Waals surface area contributed by atoms with Gasteiger partial charge in [0.05, 0.1) is 0 Å². The number of anilines is 1. The van der Waals surface area contributed by atoms with Crippen LogP contribution in [0.3, 0.4) is 0 Å². The van der Waals surface area contributed by atoms with Crippen LogP contribution in [-0.4, -0.2) is 48.9 Å². The Morgan fingerprint density at radius 3 is 2.47 bits per heavy atom. The summed E-state index contributed by atoms with van der Waals surface area (Å²) < 4.78 is 5.93. The molecule has 5 rings (SSSR count). The molecule has 0 saturated heterocycles. The number of aliphatic hydroxyl groups is 1. The first-order valence-electron chi connectivity index (χ1n) is 13.2. The number of nitrogens with zero attached hydrogens (tertiary/aromatic N) is 1. The fourth-order valence-electron chi connectivity index (χ4n) is 8.01. The molecule has 4 aliphatic rings. The fraction of sp³-hybridized carbons (Fsp3) is 0.567. The molecule has 0 spiro atoms. The second kappa shape index (κ2) is 8.98. The van der Waals surface area contributed by atoms with Crippen molar-refractivity contribution in [3.8, 4) is 0 Å². The molecule has 0 aromatic heterocycles. The predicted molar refractivity (Wildman–Crippen MR) is 138 cm³/mol. The van der Waals surface area contributed by atoms with E-state index in [1.807, 2.05) is 20.2 Å². The Balaban J connectivity index is 1.69. The van der Waals surface area contributed by atoms with Crippen LogP contribution in [0.25, 0.3) is 0 Å². The van der Waals surface area contributed by atoms with Gasteiger partial charge in [-0.1, -0.05) is 24.6 Å². The summed E-state index contributed by atoms with van der Waals surface area (Å²) in [6, 6.07) is 8.61. The molecule has 0 aliphatic heterocycles. The quantitative estimate of drug-likeness (QED) is 0.610. The molecule has 2 saturated carbocycles. The highest BCUT2D eigenvalue weighted by Gasteiger charge is 2.67. The Hall–Kier alpha value is -2.73. The molecule has 6 heteroatoms. The van der Waals surface area contributed by atoms with Crippen LogP contribution in [0.5, 0.6) is 0 Å². The molecule has 0 heterocycles. The molecule has 1 aromatic carbocycles. The third kappa shape index (κ3) is 3.68. The van der Waals surface area contributed by atoms with Gasteiger partial charge in [-0.3, -0.25) is 14.4 Å². The van der Waals surface area contributed by atoms with Gasteiger partial charge < -0.3 is 14.7 Å². The first-order valence-corrected chi connectivity index (χ1v) is 13.2. The van der Waals surface area contributed by atoms with E-state index in [-0.39, 0.29) is 29.3 Å². The minimum absolute atomic E-state index is 0.0545. The Morgan fingerprint density at radius 1 is 1.11 bits per heavy atom. The number of benzene rings is 1. The third-order valence-corrected chi connectivity index (χ3v) is 9.58. The standard InChI is InChI=1S/C30H37NO5/c1-18(33)36-30(27(35)17-32)14-13-26-24-11-7-20-15-22(34)10-12-23(20)28(24)25(16-29(26,30)2)19-5-8-21(9-6-19)31(3)4/h5-6,8-9,15,24-26,32H,7,10-14,16-17H2,1-4H3/t24?,25?,26?,29-,30-/m0/s1. The van der Waals surface area contributed by atoms with E-state index in [0.29, 0.717) is 19.3 Å². The van der Waals surface area contributed by atoms with Crippen LogP contribution in [0, 0.1) is 17.3 Å². The maximum atomic E-state index is 13.3. The van der Waals surface area contributed by atoms with Crippen LogP contribution in [-0.2, 0) is 19.1 Å². The molecule has 192 valence electrons. The van der Waals surface area contributed by atoms with Gasteiger partial charge in [0, 0.05) is 44.5 Å². The average molecular weight is 492 g/mol. The van der Waals surface area contributed by atoms with E-state index in [9.17, 15) is 19.5 Å². The molecule has 36 heavy (non-hydrogen) atoms. The minimum atomic E-state index is -1.31. The Labute approximate surface area is 213 Å². The van der Waals surface area contributed by atoms with Gasteiger partial charge >= 0.3 is 5.97 Å². The molecule has 2 fully saturated rings. The third-order valence-electron chi connectivity index (χ3n) is 9.58. The van der Waals surface area contributed by atoms with Crippen molar-refractivity contribution in [1.29, 1.82) is 0 Å². The van der Waals surface area contributed by atoms with Crippen molar-refractivity contribution in [2.45, 2.75) is 70.3 Å². The molecule has 5 atom stereocenters. The predicted octanol–water partition coefficient (Wildman–Crippen LogP) is 4.52. The first kappa shape index (κ1) is 24.9. The summed E-state index contributed by atoms with van der Waals surface area (Å²) in [4.78, 5) is 39.9. The van der Waals surface area contributed by atoms with E-state index in [2.05, 4.69) is 36.1 Å². The summed E-state index contributed by atoms with van der Waals surface area (Å²) in [5.74, 6) is -0.171. The maximum absolute atomic E-state index is 13.3. The van der Waals surface area contributed by atoms with E-state index in [4.69, 9.17) is 4.74 Å². The van der Waals surface area contributed by atoms with Crippen LogP contribution in [0.1, 0.15) is 70.3 Å². The Bertz CT molecular complexity index is 1160. The largest absolute Gasteiger partial charge is 0.451 e.